The van der Waals surface area contributed by atoms with E-state index >= 15 is 0 Å². The van der Waals surface area contributed by atoms with E-state index in [2.05, 4.69) is 15.2 Å². The average molecular weight is 443 g/mol. The van der Waals surface area contributed by atoms with Gasteiger partial charge in [0.1, 0.15) is 22.7 Å². The van der Waals surface area contributed by atoms with Crippen LogP contribution in [0.25, 0.3) is 22.2 Å². The van der Waals surface area contributed by atoms with Gasteiger partial charge in [0.15, 0.2) is 0 Å². The lowest BCUT2D eigenvalue weighted by Crippen LogP contribution is -2.38. The van der Waals surface area contributed by atoms with Crippen LogP contribution in [-0.2, 0) is 9.59 Å². The molecular weight excluding hydrogens is 422 g/mol. The molecule has 9 nitrogen and oxygen atoms in total. The van der Waals surface area contributed by atoms with Crippen LogP contribution >= 0.6 is 0 Å². The van der Waals surface area contributed by atoms with E-state index in [4.69, 9.17) is 20.9 Å². The number of carbonyl (C=O) groups is 2. The molecule has 2 aromatic carbocycles. The van der Waals surface area contributed by atoms with E-state index in [9.17, 15) is 9.59 Å². The molecule has 166 valence electrons. The van der Waals surface area contributed by atoms with Crippen molar-refractivity contribution in [1.82, 2.24) is 15.2 Å². The molecule has 5 rings (SSSR count). The Morgan fingerprint density at radius 2 is 1.79 bits per heavy atom. The van der Waals surface area contributed by atoms with Gasteiger partial charge in [0.05, 0.1) is 18.3 Å². The van der Waals surface area contributed by atoms with Crippen LogP contribution < -0.4 is 20.9 Å². The number of hydrogen-bond acceptors (Lipinski definition) is 6. The molecule has 0 spiro atoms. The summed E-state index contributed by atoms with van der Waals surface area (Å²) in [6, 6.07) is 14.6. The summed E-state index contributed by atoms with van der Waals surface area (Å²) < 4.78 is 11.7. The van der Waals surface area contributed by atoms with Crippen molar-refractivity contribution in [1.29, 1.82) is 0 Å². The number of pyridine rings is 1. The summed E-state index contributed by atoms with van der Waals surface area (Å²) in [5.41, 5.74) is 12.7. The maximum atomic E-state index is 11.8. The fraction of sp³-hybridized carbons (Fsp3) is 0.167. The van der Waals surface area contributed by atoms with E-state index in [1.165, 1.54) is 0 Å². The molecule has 1 aliphatic rings. The van der Waals surface area contributed by atoms with E-state index in [0.29, 0.717) is 23.7 Å². The minimum Gasteiger partial charge on any atom is -0.496 e. The number of aromatic nitrogens is 3. The fourth-order valence-corrected chi connectivity index (χ4v) is 4.25. The highest BCUT2D eigenvalue weighted by Gasteiger charge is 2.64. The summed E-state index contributed by atoms with van der Waals surface area (Å²) in [6.45, 7) is 0. The zero-order chi connectivity index (χ0) is 23.2. The molecule has 9 heteroatoms. The molecule has 33 heavy (non-hydrogen) atoms. The number of carbonyl (C=O) groups excluding carboxylic acids is 2. The normalized spacial score (nSPS) is 16.3. The monoisotopic (exact) mass is 443 g/mol. The molecule has 0 bridgehead atoms. The fourth-order valence-electron chi connectivity index (χ4n) is 4.25. The molecule has 1 fully saturated rings. The molecular formula is C24H21N5O4. The topological polar surface area (TPSA) is 146 Å². The Kier molecular flexibility index (Phi) is 4.74. The van der Waals surface area contributed by atoms with Crippen molar-refractivity contribution in [3.63, 3.8) is 0 Å². The Hall–Kier alpha value is -4.40. The number of nitrogens with one attached hydrogen (secondary N) is 1. The van der Waals surface area contributed by atoms with Crippen LogP contribution in [-0.4, -0.2) is 34.1 Å². The van der Waals surface area contributed by atoms with E-state index in [1.54, 1.807) is 37.7 Å². The van der Waals surface area contributed by atoms with Crippen LogP contribution in [0, 0.1) is 5.41 Å². The number of nitrogens with zero attached hydrogens (tertiary/aromatic N) is 2. The van der Waals surface area contributed by atoms with Crippen molar-refractivity contribution in [3.05, 3.63) is 66.5 Å². The van der Waals surface area contributed by atoms with Gasteiger partial charge in [-0.25, -0.2) is 0 Å². The lowest BCUT2D eigenvalue weighted by Gasteiger charge is -2.13. The van der Waals surface area contributed by atoms with E-state index in [0.717, 1.165) is 27.7 Å². The summed E-state index contributed by atoms with van der Waals surface area (Å²) in [5, 5.41) is 7.77. The van der Waals surface area contributed by atoms with Gasteiger partial charge >= 0.3 is 0 Å². The van der Waals surface area contributed by atoms with Gasteiger partial charge in [0.2, 0.25) is 11.8 Å². The third kappa shape index (κ3) is 3.34. The molecule has 0 radical (unpaired) electrons. The molecule has 2 amide bonds. The first-order valence-corrected chi connectivity index (χ1v) is 10.3. The molecule has 1 atom stereocenters. The number of amides is 2. The quantitative estimate of drug-likeness (QED) is 0.374. The molecule has 1 unspecified atom stereocenters. The van der Waals surface area contributed by atoms with Crippen molar-refractivity contribution in [2.45, 2.75) is 12.3 Å². The Balaban J connectivity index is 1.46. The molecule has 0 saturated heterocycles. The molecule has 0 aliphatic heterocycles. The number of primary amides is 2. The van der Waals surface area contributed by atoms with E-state index in [1.807, 2.05) is 30.3 Å². The maximum Gasteiger partial charge on any atom is 0.233 e. The summed E-state index contributed by atoms with van der Waals surface area (Å²) in [7, 11) is 1.61. The molecule has 2 heterocycles. The zero-order valence-electron chi connectivity index (χ0n) is 17.7. The lowest BCUT2D eigenvalue weighted by atomic mass is 9.97. The highest BCUT2D eigenvalue weighted by molar-refractivity contribution is 6.08. The van der Waals surface area contributed by atoms with Crippen LogP contribution in [0.1, 0.15) is 17.9 Å². The van der Waals surface area contributed by atoms with Gasteiger partial charge in [-0.1, -0.05) is 12.1 Å². The Morgan fingerprint density at radius 1 is 1.03 bits per heavy atom. The standard InChI is InChI=1S/C24H21N5O4/c1-32-21-11-19-16(10-15(21)18-6-9-28-29-18)20(7-8-27-19)33-14-4-2-13(3-5-14)17-12-24(17,22(25)30)23(26)31/h2-11,17H,12H2,1H3,(H2,25,30)(H2,26,31)(H,28,29). The average Bonchev–Trinajstić information content (AvgIpc) is 3.37. The van der Waals surface area contributed by atoms with Crippen LogP contribution in [0.5, 0.6) is 17.2 Å². The molecule has 1 saturated carbocycles. The van der Waals surface area contributed by atoms with Crippen molar-refractivity contribution in [2.75, 3.05) is 7.11 Å². The van der Waals surface area contributed by atoms with Crippen molar-refractivity contribution < 1.29 is 19.1 Å². The first kappa shape index (κ1) is 20.5. The smallest absolute Gasteiger partial charge is 0.233 e. The molecule has 4 aromatic rings. The van der Waals surface area contributed by atoms with E-state index in [-0.39, 0.29) is 5.92 Å². The number of nitrogens with two attached hydrogens (primary N) is 2. The second-order valence-corrected chi connectivity index (χ2v) is 7.98. The van der Waals surface area contributed by atoms with Gasteiger partial charge < -0.3 is 20.9 Å². The number of rotatable bonds is 7. The molecule has 2 aromatic heterocycles. The first-order valence-electron chi connectivity index (χ1n) is 10.3. The van der Waals surface area contributed by atoms with Crippen LogP contribution in [0.15, 0.2) is 60.9 Å². The number of benzene rings is 2. The SMILES string of the molecule is COc1cc2nccc(Oc3ccc(C4CC4(C(N)=O)C(N)=O)cc3)c2cc1-c1ccn[nH]1. The Labute approximate surface area is 188 Å². The molecule has 5 N–H and O–H groups in total. The largest absolute Gasteiger partial charge is 0.496 e. The van der Waals surface area contributed by atoms with Gasteiger partial charge in [-0.2, -0.15) is 5.10 Å². The van der Waals surface area contributed by atoms with Crippen LogP contribution in [0.3, 0.4) is 0 Å². The lowest BCUT2D eigenvalue weighted by molar-refractivity contribution is -0.133. The summed E-state index contributed by atoms with van der Waals surface area (Å²) >= 11 is 0. The number of ether oxygens (including phenoxy) is 2. The zero-order valence-corrected chi connectivity index (χ0v) is 17.7. The highest BCUT2D eigenvalue weighted by atomic mass is 16.5. The highest BCUT2D eigenvalue weighted by Crippen LogP contribution is 2.59. The first-order chi connectivity index (χ1) is 15.9. The second kappa shape index (κ2) is 7.63. The Bertz CT molecular complexity index is 1350. The van der Waals surface area contributed by atoms with Gasteiger partial charge in [0.25, 0.3) is 0 Å². The second-order valence-electron chi connectivity index (χ2n) is 7.98. The van der Waals surface area contributed by atoms with Crippen molar-refractivity contribution >= 4 is 22.7 Å². The summed E-state index contributed by atoms with van der Waals surface area (Å²) in [4.78, 5) is 28.0. The van der Waals surface area contributed by atoms with Crippen molar-refractivity contribution in [2.24, 2.45) is 16.9 Å². The summed E-state index contributed by atoms with van der Waals surface area (Å²) in [6.07, 6.45) is 3.66. The predicted octanol–water partition coefficient (Wildman–Crippen LogP) is 2.87. The van der Waals surface area contributed by atoms with Gasteiger partial charge in [-0.15, -0.1) is 0 Å². The minimum absolute atomic E-state index is 0.312. The number of H-pyrrole nitrogens is 1. The summed E-state index contributed by atoms with van der Waals surface area (Å²) in [5.74, 6) is 0.185. The van der Waals surface area contributed by atoms with E-state index < -0.39 is 17.2 Å². The minimum atomic E-state index is -1.30. The van der Waals surface area contributed by atoms with Gasteiger partial charge in [0, 0.05) is 35.3 Å². The number of hydrogen-bond donors (Lipinski definition) is 3. The van der Waals surface area contributed by atoms with Gasteiger partial charge in [-0.05, 0) is 42.3 Å². The van der Waals surface area contributed by atoms with Crippen LogP contribution in [0.2, 0.25) is 0 Å². The third-order valence-corrected chi connectivity index (χ3v) is 6.16. The third-order valence-electron chi connectivity index (χ3n) is 6.16. The number of methoxy groups -OCH3 is 1. The van der Waals surface area contributed by atoms with Gasteiger partial charge in [-0.3, -0.25) is 19.7 Å². The number of aromatic amines is 1. The maximum absolute atomic E-state index is 11.8. The number of fused-ring (bicyclic) bond motifs is 1. The van der Waals surface area contributed by atoms with Crippen molar-refractivity contribution in [3.8, 4) is 28.5 Å². The van der Waals surface area contributed by atoms with Crippen LogP contribution in [0.4, 0.5) is 0 Å². The predicted molar refractivity (Wildman–Crippen MR) is 121 cm³/mol. The Morgan fingerprint density at radius 3 is 2.39 bits per heavy atom. The molecule has 1 aliphatic carbocycles.